The number of thiophene rings is 1. The van der Waals surface area contributed by atoms with Crippen LogP contribution in [0.1, 0.15) is 24.6 Å². The Bertz CT molecular complexity index is 299. The monoisotopic (exact) mass is 225 g/mol. The van der Waals surface area contributed by atoms with Gasteiger partial charge < -0.3 is 10.4 Å². The molecule has 2 N–H and O–H groups in total. The maximum atomic E-state index is 10.7. The molecular formula is C12H19NOS. The Morgan fingerprint density at radius 2 is 2.53 bits per heavy atom. The van der Waals surface area contributed by atoms with E-state index in [0.717, 1.165) is 32.4 Å². The van der Waals surface area contributed by atoms with Gasteiger partial charge in [0.05, 0.1) is 5.60 Å². The molecule has 1 aliphatic rings. The van der Waals surface area contributed by atoms with Crippen LogP contribution in [0.25, 0.3) is 0 Å². The van der Waals surface area contributed by atoms with Gasteiger partial charge in [0, 0.05) is 23.8 Å². The number of hydrogen-bond donors (Lipinski definition) is 2. The summed E-state index contributed by atoms with van der Waals surface area (Å²) in [6.07, 6.45) is 2.75. The van der Waals surface area contributed by atoms with Gasteiger partial charge in [-0.1, -0.05) is 13.0 Å². The molecule has 1 aromatic rings. The van der Waals surface area contributed by atoms with E-state index in [2.05, 4.69) is 29.8 Å². The van der Waals surface area contributed by atoms with Crippen LogP contribution in [0.15, 0.2) is 17.5 Å². The first-order chi connectivity index (χ1) is 7.24. The van der Waals surface area contributed by atoms with Crippen LogP contribution in [0.2, 0.25) is 0 Å². The highest BCUT2D eigenvalue weighted by molar-refractivity contribution is 7.09. The second-order valence-electron chi connectivity index (χ2n) is 4.42. The molecule has 0 saturated carbocycles. The van der Waals surface area contributed by atoms with E-state index in [9.17, 15) is 5.11 Å². The van der Waals surface area contributed by atoms with E-state index in [1.165, 1.54) is 4.88 Å². The predicted octanol–water partition coefficient (Wildman–Crippen LogP) is 2.04. The van der Waals surface area contributed by atoms with Crippen LogP contribution in [0.5, 0.6) is 0 Å². The summed E-state index contributed by atoms with van der Waals surface area (Å²) in [5.41, 5.74) is -0.481. The fourth-order valence-corrected chi connectivity index (χ4v) is 3.27. The summed E-state index contributed by atoms with van der Waals surface area (Å²) in [6.45, 7) is 4.06. The van der Waals surface area contributed by atoms with Crippen LogP contribution >= 0.6 is 11.3 Å². The van der Waals surface area contributed by atoms with Crippen molar-refractivity contribution in [3.63, 3.8) is 0 Å². The summed E-state index contributed by atoms with van der Waals surface area (Å²) in [4.78, 5) is 1.30. The fourth-order valence-electron chi connectivity index (χ4n) is 2.45. The van der Waals surface area contributed by atoms with Crippen LogP contribution in [0.4, 0.5) is 0 Å². The van der Waals surface area contributed by atoms with E-state index in [4.69, 9.17) is 0 Å². The van der Waals surface area contributed by atoms with Crippen LogP contribution < -0.4 is 5.32 Å². The average molecular weight is 225 g/mol. The maximum Gasteiger partial charge on any atom is 0.0747 e. The highest BCUT2D eigenvalue weighted by Crippen LogP contribution is 2.31. The average Bonchev–Trinajstić information content (AvgIpc) is 2.70. The molecule has 2 heterocycles. The molecule has 15 heavy (non-hydrogen) atoms. The van der Waals surface area contributed by atoms with E-state index in [1.807, 2.05) is 0 Å². The molecule has 2 atom stereocenters. The van der Waals surface area contributed by atoms with Crippen molar-refractivity contribution in [2.45, 2.75) is 31.8 Å². The zero-order chi connectivity index (χ0) is 10.7. The lowest BCUT2D eigenvalue weighted by atomic mass is 9.77. The molecular weight excluding hydrogens is 206 g/mol. The van der Waals surface area contributed by atoms with Gasteiger partial charge in [-0.2, -0.15) is 0 Å². The van der Waals surface area contributed by atoms with Crippen molar-refractivity contribution in [1.29, 1.82) is 0 Å². The van der Waals surface area contributed by atoms with Crippen molar-refractivity contribution in [1.82, 2.24) is 5.32 Å². The van der Waals surface area contributed by atoms with Crippen LogP contribution in [-0.4, -0.2) is 23.8 Å². The largest absolute Gasteiger partial charge is 0.389 e. The summed E-state index contributed by atoms with van der Waals surface area (Å²) in [5.74, 6) is 0.397. The molecule has 2 unspecified atom stereocenters. The summed E-state index contributed by atoms with van der Waals surface area (Å²) in [5, 5.41) is 16.1. The molecule has 0 aromatic carbocycles. The van der Waals surface area contributed by atoms with Crippen molar-refractivity contribution >= 4 is 11.3 Å². The zero-order valence-electron chi connectivity index (χ0n) is 9.20. The first-order valence-electron chi connectivity index (χ1n) is 5.70. The predicted molar refractivity (Wildman–Crippen MR) is 64.2 cm³/mol. The Labute approximate surface area is 95.3 Å². The molecule has 2 nitrogen and oxygen atoms in total. The number of hydrogen-bond acceptors (Lipinski definition) is 3. The minimum Gasteiger partial charge on any atom is -0.389 e. The highest BCUT2D eigenvalue weighted by atomic mass is 32.1. The van der Waals surface area contributed by atoms with Gasteiger partial charge in [0.25, 0.3) is 0 Å². The normalized spacial score (nSPS) is 31.7. The van der Waals surface area contributed by atoms with E-state index in [-0.39, 0.29) is 0 Å². The minimum atomic E-state index is -0.481. The lowest BCUT2D eigenvalue weighted by Gasteiger charge is -2.40. The topological polar surface area (TPSA) is 32.3 Å². The third kappa shape index (κ3) is 2.41. The highest BCUT2D eigenvalue weighted by Gasteiger charge is 2.37. The standard InChI is InChI=1S/C12H19NOS/c1-2-10-9-13-6-5-12(10,14)8-11-4-3-7-15-11/h3-4,7,10,13-14H,2,5-6,8-9H2,1H3. The number of aliphatic hydroxyl groups is 1. The Morgan fingerprint density at radius 1 is 1.67 bits per heavy atom. The Morgan fingerprint density at radius 3 is 3.20 bits per heavy atom. The van der Waals surface area contributed by atoms with Gasteiger partial charge in [0.15, 0.2) is 0 Å². The molecule has 1 aliphatic heterocycles. The van der Waals surface area contributed by atoms with Crippen molar-refractivity contribution in [3.05, 3.63) is 22.4 Å². The number of piperidine rings is 1. The van der Waals surface area contributed by atoms with Crippen molar-refractivity contribution in [2.24, 2.45) is 5.92 Å². The van der Waals surface area contributed by atoms with Gasteiger partial charge in [-0.15, -0.1) is 11.3 Å². The summed E-state index contributed by atoms with van der Waals surface area (Å²) in [6, 6.07) is 4.18. The number of nitrogens with one attached hydrogen (secondary N) is 1. The number of rotatable bonds is 3. The van der Waals surface area contributed by atoms with Crippen molar-refractivity contribution < 1.29 is 5.11 Å². The molecule has 0 radical (unpaired) electrons. The maximum absolute atomic E-state index is 10.7. The second-order valence-corrected chi connectivity index (χ2v) is 5.45. The van der Waals surface area contributed by atoms with Gasteiger partial charge in [-0.3, -0.25) is 0 Å². The smallest absolute Gasteiger partial charge is 0.0747 e. The van der Waals surface area contributed by atoms with Crippen molar-refractivity contribution in [2.75, 3.05) is 13.1 Å². The summed E-state index contributed by atoms with van der Waals surface area (Å²) < 4.78 is 0. The van der Waals surface area contributed by atoms with E-state index in [1.54, 1.807) is 11.3 Å². The Hall–Kier alpha value is -0.380. The molecule has 3 heteroatoms. The van der Waals surface area contributed by atoms with Gasteiger partial charge >= 0.3 is 0 Å². The third-order valence-corrected chi connectivity index (χ3v) is 4.31. The minimum absolute atomic E-state index is 0.397. The fraction of sp³-hybridized carbons (Fsp3) is 0.667. The van der Waals surface area contributed by atoms with Crippen LogP contribution in [0, 0.1) is 5.92 Å². The third-order valence-electron chi connectivity index (χ3n) is 3.44. The van der Waals surface area contributed by atoms with Gasteiger partial charge in [-0.25, -0.2) is 0 Å². The molecule has 1 saturated heterocycles. The zero-order valence-corrected chi connectivity index (χ0v) is 10.0. The second kappa shape index (κ2) is 4.64. The van der Waals surface area contributed by atoms with Gasteiger partial charge in [0.2, 0.25) is 0 Å². The molecule has 84 valence electrons. The molecule has 0 bridgehead atoms. The van der Waals surface area contributed by atoms with E-state index < -0.39 is 5.60 Å². The molecule has 0 spiro atoms. The quantitative estimate of drug-likeness (QED) is 0.825. The summed E-state index contributed by atoms with van der Waals surface area (Å²) >= 11 is 1.75. The lowest BCUT2D eigenvalue weighted by Crippen LogP contribution is -2.51. The SMILES string of the molecule is CCC1CNCCC1(O)Cc1cccs1. The molecule has 1 fully saturated rings. The lowest BCUT2D eigenvalue weighted by molar-refractivity contribution is -0.0408. The molecule has 1 aromatic heterocycles. The first kappa shape index (κ1) is 11.1. The van der Waals surface area contributed by atoms with E-state index in [0.29, 0.717) is 5.92 Å². The first-order valence-corrected chi connectivity index (χ1v) is 6.58. The van der Waals surface area contributed by atoms with E-state index >= 15 is 0 Å². The molecule has 2 rings (SSSR count). The molecule has 0 amide bonds. The van der Waals surface area contributed by atoms with Crippen LogP contribution in [-0.2, 0) is 6.42 Å². The van der Waals surface area contributed by atoms with Crippen molar-refractivity contribution in [3.8, 4) is 0 Å². The Balaban J connectivity index is 2.09. The summed E-state index contributed by atoms with van der Waals surface area (Å²) in [7, 11) is 0. The van der Waals surface area contributed by atoms with Gasteiger partial charge in [0.1, 0.15) is 0 Å². The Kier molecular flexibility index (Phi) is 3.44. The molecule has 0 aliphatic carbocycles. The van der Waals surface area contributed by atoms with Crippen LogP contribution in [0.3, 0.4) is 0 Å². The van der Waals surface area contributed by atoms with Gasteiger partial charge in [-0.05, 0) is 30.8 Å².